The number of rotatable bonds is 2. The number of aliphatic hydroxyl groups is 1. The molecular weight excluding hydrogens is 330 g/mol. The van der Waals surface area contributed by atoms with Gasteiger partial charge >= 0.3 is 0 Å². The van der Waals surface area contributed by atoms with E-state index in [2.05, 4.69) is 48.7 Å². The summed E-state index contributed by atoms with van der Waals surface area (Å²) in [7, 11) is 2.17. The van der Waals surface area contributed by atoms with Crippen molar-refractivity contribution in [2.45, 2.75) is 31.9 Å². The van der Waals surface area contributed by atoms with Gasteiger partial charge in [0.2, 0.25) is 0 Å². The number of ether oxygens (including phenoxy) is 1. The fraction of sp³-hybridized carbons (Fsp3) is 0.529. The van der Waals surface area contributed by atoms with E-state index in [9.17, 15) is 5.11 Å². The molecule has 2 rings (SSSR count). The number of likely N-dealkylation sites (tertiary alicyclic amines) is 1. The second-order valence-electron chi connectivity index (χ2n) is 6.03. The SMILES string of the molecule is C[C@@H]1C[C@@](O)(C#CCOc2ccc(Br)cc2)[C@H](C)C[NH+]1C. The van der Waals surface area contributed by atoms with Gasteiger partial charge < -0.3 is 14.7 Å². The van der Waals surface area contributed by atoms with Crippen LogP contribution in [0.25, 0.3) is 0 Å². The Kier molecular flexibility index (Phi) is 5.32. The molecule has 21 heavy (non-hydrogen) atoms. The van der Waals surface area contributed by atoms with E-state index in [1.165, 1.54) is 4.90 Å². The van der Waals surface area contributed by atoms with Gasteiger partial charge in [-0.3, -0.25) is 0 Å². The van der Waals surface area contributed by atoms with Crippen LogP contribution >= 0.6 is 15.9 Å². The molecule has 2 N–H and O–H groups in total. The van der Waals surface area contributed by atoms with E-state index in [4.69, 9.17) is 4.74 Å². The average molecular weight is 353 g/mol. The van der Waals surface area contributed by atoms with Gasteiger partial charge in [-0.15, -0.1) is 0 Å². The molecule has 114 valence electrons. The van der Waals surface area contributed by atoms with E-state index in [0.717, 1.165) is 16.8 Å². The summed E-state index contributed by atoms with van der Waals surface area (Å²) in [4.78, 5) is 1.46. The zero-order valence-electron chi connectivity index (χ0n) is 12.8. The first-order chi connectivity index (χ1) is 9.90. The number of hydrogen-bond acceptors (Lipinski definition) is 2. The summed E-state index contributed by atoms with van der Waals surface area (Å²) in [5, 5.41) is 10.7. The highest BCUT2D eigenvalue weighted by molar-refractivity contribution is 9.10. The monoisotopic (exact) mass is 352 g/mol. The second-order valence-corrected chi connectivity index (χ2v) is 6.94. The van der Waals surface area contributed by atoms with Crippen molar-refractivity contribution in [3.05, 3.63) is 28.7 Å². The molecule has 0 bridgehead atoms. The minimum atomic E-state index is -0.887. The minimum Gasteiger partial charge on any atom is -0.481 e. The number of nitrogens with one attached hydrogen (secondary N) is 1. The molecule has 1 fully saturated rings. The van der Waals surface area contributed by atoms with Crippen molar-refractivity contribution in [3.8, 4) is 17.6 Å². The maximum Gasteiger partial charge on any atom is 0.149 e. The number of halogens is 1. The number of hydrogen-bond donors (Lipinski definition) is 2. The Balaban J connectivity index is 1.93. The van der Waals surface area contributed by atoms with E-state index in [-0.39, 0.29) is 5.92 Å². The van der Waals surface area contributed by atoms with Crippen molar-refractivity contribution in [2.75, 3.05) is 20.2 Å². The zero-order valence-corrected chi connectivity index (χ0v) is 14.4. The van der Waals surface area contributed by atoms with Crippen LogP contribution in [0.2, 0.25) is 0 Å². The molecule has 4 heteroatoms. The molecule has 3 nitrogen and oxygen atoms in total. The topological polar surface area (TPSA) is 33.9 Å². The first kappa shape index (κ1) is 16.4. The van der Waals surface area contributed by atoms with Crippen LogP contribution in [0.15, 0.2) is 28.7 Å². The van der Waals surface area contributed by atoms with Crippen molar-refractivity contribution in [2.24, 2.45) is 5.92 Å². The lowest BCUT2D eigenvalue weighted by Gasteiger charge is -2.40. The third-order valence-electron chi connectivity index (χ3n) is 4.33. The molecule has 4 atom stereocenters. The van der Waals surface area contributed by atoms with Gasteiger partial charge in [0, 0.05) is 16.8 Å². The predicted octanol–water partition coefficient (Wildman–Crippen LogP) is 1.51. The molecule has 0 saturated carbocycles. The normalized spacial score (nSPS) is 32.1. The summed E-state index contributed by atoms with van der Waals surface area (Å²) in [6.07, 6.45) is 0.714. The van der Waals surface area contributed by atoms with Gasteiger partial charge in [-0.25, -0.2) is 0 Å². The molecule has 0 spiro atoms. The lowest BCUT2D eigenvalue weighted by atomic mass is 9.80. The Bertz CT molecular complexity index is 534. The fourth-order valence-corrected chi connectivity index (χ4v) is 2.97. The average Bonchev–Trinajstić information content (AvgIpc) is 2.44. The third-order valence-corrected chi connectivity index (χ3v) is 4.86. The molecule has 1 unspecified atom stereocenters. The van der Waals surface area contributed by atoms with Crippen LogP contribution in [0.1, 0.15) is 20.3 Å². The van der Waals surface area contributed by atoms with Crippen LogP contribution in [0.4, 0.5) is 0 Å². The molecule has 0 aromatic heterocycles. The van der Waals surface area contributed by atoms with E-state index in [0.29, 0.717) is 19.1 Å². The lowest BCUT2D eigenvalue weighted by Crippen LogP contribution is -3.15. The molecule has 0 amide bonds. The minimum absolute atomic E-state index is 0.175. The van der Waals surface area contributed by atoms with Crippen molar-refractivity contribution in [1.82, 2.24) is 0 Å². The van der Waals surface area contributed by atoms with Crippen LogP contribution in [-0.4, -0.2) is 36.9 Å². The van der Waals surface area contributed by atoms with Gasteiger partial charge in [-0.1, -0.05) is 34.7 Å². The Morgan fingerprint density at radius 3 is 2.71 bits per heavy atom. The Morgan fingerprint density at radius 2 is 2.05 bits per heavy atom. The first-order valence-corrected chi connectivity index (χ1v) is 8.13. The summed E-state index contributed by atoms with van der Waals surface area (Å²) in [5.74, 6) is 6.98. The molecule has 1 heterocycles. The molecule has 1 aromatic carbocycles. The highest BCUT2D eigenvalue weighted by Gasteiger charge is 2.42. The second kappa shape index (κ2) is 6.83. The van der Waals surface area contributed by atoms with Crippen LogP contribution in [0.3, 0.4) is 0 Å². The largest absolute Gasteiger partial charge is 0.481 e. The van der Waals surface area contributed by atoms with Gasteiger partial charge in [-0.05, 0) is 31.2 Å². The number of quaternary nitrogens is 1. The summed E-state index contributed by atoms with van der Waals surface area (Å²) in [6.45, 7) is 5.47. The molecule has 0 radical (unpaired) electrons. The summed E-state index contributed by atoms with van der Waals surface area (Å²) >= 11 is 3.38. The van der Waals surface area contributed by atoms with E-state index in [1.54, 1.807) is 0 Å². The van der Waals surface area contributed by atoms with E-state index >= 15 is 0 Å². The molecular formula is C17H23BrNO2+. The molecule has 1 saturated heterocycles. The summed E-state index contributed by atoms with van der Waals surface area (Å²) in [6, 6.07) is 8.07. The maximum atomic E-state index is 10.7. The molecule has 1 aliphatic rings. The van der Waals surface area contributed by atoms with Gasteiger partial charge in [0.1, 0.15) is 18.0 Å². The number of piperidine rings is 1. The lowest BCUT2D eigenvalue weighted by molar-refractivity contribution is -0.915. The van der Waals surface area contributed by atoms with Crippen LogP contribution in [0, 0.1) is 17.8 Å². The van der Waals surface area contributed by atoms with Crippen LogP contribution < -0.4 is 9.64 Å². The predicted molar refractivity (Wildman–Crippen MR) is 87.4 cm³/mol. The van der Waals surface area contributed by atoms with Gasteiger partial charge in [0.25, 0.3) is 0 Å². The highest BCUT2D eigenvalue weighted by Crippen LogP contribution is 2.24. The smallest absolute Gasteiger partial charge is 0.149 e. The van der Waals surface area contributed by atoms with Gasteiger partial charge in [-0.2, -0.15) is 0 Å². The maximum absolute atomic E-state index is 10.7. The first-order valence-electron chi connectivity index (χ1n) is 7.34. The Morgan fingerprint density at radius 1 is 1.38 bits per heavy atom. The van der Waals surface area contributed by atoms with Crippen molar-refractivity contribution in [1.29, 1.82) is 0 Å². The fourth-order valence-electron chi connectivity index (χ4n) is 2.71. The molecule has 1 aromatic rings. The summed E-state index contributed by atoms with van der Waals surface area (Å²) < 4.78 is 6.59. The van der Waals surface area contributed by atoms with E-state index in [1.807, 2.05) is 24.3 Å². The van der Waals surface area contributed by atoms with Crippen molar-refractivity contribution >= 4 is 15.9 Å². The van der Waals surface area contributed by atoms with Gasteiger partial charge in [0.05, 0.1) is 19.6 Å². The molecule has 0 aliphatic carbocycles. The highest BCUT2D eigenvalue weighted by atomic mass is 79.9. The number of benzene rings is 1. The Hall–Kier alpha value is -1.02. The van der Waals surface area contributed by atoms with Crippen molar-refractivity contribution < 1.29 is 14.7 Å². The quantitative estimate of drug-likeness (QED) is 0.791. The molecule has 1 aliphatic heterocycles. The zero-order chi connectivity index (χ0) is 15.5. The summed E-state index contributed by atoms with van der Waals surface area (Å²) in [5.41, 5.74) is -0.887. The Labute approximate surface area is 135 Å². The van der Waals surface area contributed by atoms with Gasteiger partial charge in [0.15, 0.2) is 0 Å². The standard InChI is InChI=1S/C17H22BrNO2/c1-13-12-19(3)14(2)11-17(13,20)9-4-10-21-16-7-5-15(18)6-8-16/h5-8,13-14,20H,10-12H2,1-3H3/p+1/t13-,14-,17+/m1/s1. The van der Waals surface area contributed by atoms with Crippen molar-refractivity contribution in [3.63, 3.8) is 0 Å². The van der Waals surface area contributed by atoms with Crippen LogP contribution in [-0.2, 0) is 0 Å². The van der Waals surface area contributed by atoms with E-state index < -0.39 is 5.60 Å². The van der Waals surface area contributed by atoms with Crippen LogP contribution in [0.5, 0.6) is 5.75 Å². The third kappa shape index (κ3) is 4.23.